The van der Waals surface area contributed by atoms with Gasteiger partial charge in [0.15, 0.2) is 0 Å². The number of nitrogens with one attached hydrogen (secondary N) is 1. The fraction of sp³-hybridized carbons (Fsp3) is 0.571. The number of anilines is 1. The number of ether oxygens (including phenoxy) is 1. The van der Waals surface area contributed by atoms with Crippen molar-refractivity contribution in [1.29, 1.82) is 0 Å². The zero-order valence-corrected chi connectivity index (χ0v) is 11.4. The maximum Gasteiger partial charge on any atom is 0.119 e. The van der Waals surface area contributed by atoms with Crippen molar-refractivity contribution in [3.63, 3.8) is 0 Å². The molecule has 1 rings (SSSR count). The van der Waals surface area contributed by atoms with Crippen molar-refractivity contribution in [2.45, 2.75) is 26.3 Å². The number of hydrogen-bond acceptors (Lipinski definition) is 3. The van der Waals surface area contributed by atoms with E-state index in [1.807, 2.05) is 12.1 Å². The molecule has 0 aliphatic heterocycles. The molecule has 1 atom stereocenters. The van der Waals surface area contributed by atoms with Crippen LogP contribution in [-0.2, 0) is 0 Å². The van der Waals surface area contributed by atoms with Crippen molar-refractivity contribution in [3.05, 3.63) is 24.3 Å². The summed E-state index contributed by atoms with van der Waals surface area (Å²) in [5, 5.41) is 3.44. The molecule has 1 unspecified atom stereocenters. The van der Waals surface area contributed by atoms with Gasteiger partial charge in [-0.15, -0.1) is 0 Å². The van der Waals surface area contributed by atoms with Crippen LogP contribution in [0.5, 0.6) is 5.75 Å². The summed E-state index contributed by atoms with van der Waals surface area (Å²) in [5.74, 6) is 0.902. The normalized spacial score (nSPS) is 12.2. The topological polar surface area (TPSA) is 24.5 Å². The van der Waals surface area contributed by atoms with Crippen LogP contribution in [0.1, 0.15) is 20.3 Å². The molecule has 0 bridgehead atoms. The van der Waals surface area contributed by atoms with Crippen molar-refractivity contribution in [2.75, 3.05) is 32.1 Å². The molecule has 0 fully saturated rings. The molecule has 0 aromatic heterocycles. The number of likely N-dealkylation sites (N-methyl/N-ethyl adjacent to an activating group) is 1. The fourth-order valence-electron chi connectivity index (χ4n) is 1.70. The molecule has 1 aromatic carbocycles. The van der Waals surface area contributed by atoms with Gasteiger partial charge in [-0.25, -0.2) is 0 Å². The first kappa shape index (κ1) is 13.8. The van der Waals surface area contributed by atoms with E-state index in [-0.39, 0.29) is 0 Å². The Kier molecular flexibility index (Phi) is 5.84. The number of hydrogen-bond donors (Lipinski definition) is 1. The van der Waals surface area contributed by atoms with Gasteiger partial charge in [0.2, 0.25) is 0 Å². The molecule has 0 heterocycles. The van der Waals surface area contributed by atoms with Crippen LogP contribution in [0.2, 0.25) is 0 Å². The Labute approximate surface area is 105 Å². The SMILES string of the molecule is CCCNCC(C)N(C)c1ccc(OC)cc1. The lowest BCUT2D eigenvalue weighted by atomic mass is 10.2. The van der Waals surface area contributed by atoms with Gasteiger partial charge in [0, 0.05) is 25.3 Å². The van der Waals surface area contributed by atoms with E-state index >= 15 is 0 Å². The molecule has 0 aliphatic carbocycles. The van der Waals surface area contributed by atoms with Gasteiger partial charge < -0.3 is 15.0 Å². The molecule has 3 heteroatoms. The fourth-order valence-corrected chi connectivity index (χ4v) is 1.70. The summed E-state index contributed by atoms with van der Waals surface area (Å²) in [6.07, 6.45) is 1.18. The molecular formula is C14H24N2O. The smallest absolute Gasteiger partial charge is 0.119 e. The van der Waals surface area contributed by atoms with Gasteiger partial charge in [0.05, 0.1) is 7.11 Å². The summed E-state index contributed by atoms with van der Waals surface area (Å²) < 4.78 is 5.16. The second kappa shape index (κ2) is 7.17. The first-order chi connectivity index (χ1) is 8.19. The zero-order chi connectivity index (χ0) is 12.7. The first-order valence-corrected chi connectivity index (χ1v) is 6.26. The summed E-state index contributed by atoms with van der Waals surface area (Å²) in [4.78, 5) is 2.28. The van der Waals surface area contributed by atoms with Crippen LogP contribution >= 0.6 is 0 Å². The van der Waals surface area contributed by atoms with Crippen LogP contribution in [-0.4, -0.2) is 33.3 Å². The van der Waals surface area contributed by atoms with Crippen molar-refractivity contribution < 1.29 is 4.74 Å². The van der Waals surface area contributed by atoms with Gasteiger partial charge in [-0.05, 0) is 44.2 Å². The van der Waals surface area contributed by atoms with Crippen molar-refractivity contribution in [1.82, 2.24) is 5.32 Å². The molecule has 0 spiro atoms. The lowest BCUT2D eigenvalue weighted by Crippen LogP contribution is -2.38. The molecule has 0 aliphatic rings. The zero-order valence-electron chi connectivity index (χ0n) is 11.4. The Hall–Kier alpha value is -1.22. The van der Waals surface area contributed by atoms with E-state index in [0.29, 0.717) is 6.04 Å². The number of nitrogens with zero attached hydrogens (tertiary/aromatic N) is 1. The summed E-state index contributed by atoms with van der Waals surface area (Å²) in [6.45, 7) is 6.51. The van der Waals surface area contributed by atoms with Crippen molar-refractivity contribution >= 4 is 5.69 Å². The Morgan fingerprint density at radius 1 is 1.29 bits per heavy atom. The average molecular weight is 236 g/mol. The highest BCUT2D eigenvalue weighted by atomic mass is 16.5. The van der Waals surface area contributed by atoms with Crippen molar-refractivity contribution in [3.8, 4) is 5.75 Å². The first-order valence-electron chi connectivity index (χ1n) is 6.26. The third kappa shape index (κ3) is 4.27. The third-order valence-corrected chi connectivity index (χ3v) is 3.01. The van der Waals surface area contributed by atoms with Gasteiger partial charge in [0.25, 0.3) is 0 Å². The number of rotatable bonds is 7. The standard InChI is InChI=1S/C14H24N2O/c1-5-10-15-11-12(2)16(3)13-6-8-14(17-4)9-7-13/h6-9,12,15H,5,10-11H2,1-4H3. The van der Waals surface area contributed by atoms with E-state index in [1.165, 1.54) is 12.1 Å². The Morgan fingerprint density at radius 3 is 2.47 bits per heavy atom. The van der Waals surface area contributed by atoms with E-state index in [0.717, 1.165) is 18.8 Å². The lowest BCUT2D eigenvalue weighted by molar-refractivity contribution is 0.415. The molecule has 96 valence electrons. The van der Waals surface area contributed by atoms with Crippen LogP contribution in [0.3, 0.4) is 0 Å². The Balaban J connectivity index is 2.52. The summed E-state index contributed by atoms with van der Waals surface area (Å²) in [6, 6.07) is 8.66. The minimum absolute atomic E-state index is 0.481. The van der Waals surface area contributed by atoms with E-state index in [4.69, 9.17) is 4.74 Å². The predicted octanol–water partition coefficient (Wildman–Crippen LogP) is 2.52. The van der Waals surface area contributed by atoms with Gasteiger partial charge in [-0.1, -0.05) is 6.92 Å². The second-order valence-electron chi connectivity index (χ2n) is 4.36. The maximum absolute atomic E-state index is 5.16. The van der Waals surface area contributed by atoms with E-state index in [2.05, 4.69) is 43.2 Å². The quantitative estimate of drug-likeness (QED) is 0.736. The predicted molar refractivity (Wildman–Crippen MR) is 74.0 cm³/mol. The molecule has 0 radical (unpaired) electrons. The molecule has 1 aromatic rings. The molecule has 1 N–H and O–H groups in total. The average Bonchev–Trinajstić information content (AvgIpc) is 2.38. The van der Waals surface area contributed by atoms with Crippen LogP contribution < -0.4 is 15.0 Å². The molecule has 0 amide bonds. The van der Waals surface area contributed by atoms with E-state index < -0.39 is 0 Å². The van der Waals surface area contributed by atoms with Crippen LogP contribution in [0.4, 0.5) is 5.69 Å². The van der Waals surface area contributed by atoms with E-state index in [1.54, 1.807) is 7.11 Å². The van der Waals surface area contributed by atoms with Gasteiger partial charge in [0.1, 0.15) is 5.75 Å². The van der Waals surface area contributed by atoms with Gasteiger partial charge in [-0.2, -0.15) is 0 Å². The molecular weight excluding hydrogens is 212 g/mol. The second-order valence-corrected chi connectivity index (χ2v) is 4.36. The Bertz CT molecular complexity index is 311. The summed E-state index contributed by atoms with van der Waals surface area (Å²) >= 11 is 0. The number of benzene rings is 1. The lowest BCUT2D eigenvalue weighted by Gasteiger charge is -2.27. The van der Waals surface area contributed by atoms with Crippen LogP contribution in [0, 0.1) is 0 Å². The van der Waals surface area contributed by atoms with Gasteiger partial charge in [-0.3, -0.25) is 0 Å². The Morgan fingerprint density at radius 2 is 1.94 bits per heavy atom. The largest absolute Gasteiger partial charge is 0.497 e. The monoisotopic (exact) mass is 236 g/mol. The minimum atomic E-state index is 0.481. The van der Waals surface area contributed by atoms with Crippen LogP contribution in [0.25, 0.3) is 0 Å². The minimum Gasteiger partial charge on any atom is -0.497 e. The molecule has 17 heavy (non-hydrogen) atoms. The van der Waals surface area contributed by atoms with Crippen LogP contribution in [0.15, 0.2) is 24.3 Å². The molecule has 0 saturated heterocycles. The third-order valence-electron chi connectivity index (χ3n) is 3.01. The van der Waals surface area contributed by atoms with E-state index in [9.17, 15) is 0 Å². The van der Waals surface area contributed by atoms with Crippen molar-refractivity contribution in [2.24, 2.45) is 0 Å². The van der Waals surface area contributed by atoms with Gasteiger partial charge >= 0.3 is 0 Å². The summed E-state index contributed by atoms with van der Waals surface area (Å²) in [5.41, 5.74) is 1.22. The molecule has 0 saturated carbocycles. The molecule has 3 nitrogen and oxygen atoms in total. The highest BCUT2D eigenvalue weighted by Crippen LogP contribution is 2.19. The maximum atomic E-state index is 5.16. The number of methoxy groups -OCH3 is 1. The highest BCUT2D eigenvalue weighted by molar-refractivity contribution is 5.49. The summed E-state index contributed by atoms with van der Waals surface area (Å²) in [7, 11) is 3.82. The highest BCUT2D eigenvalue weighted by Gasteiger charge is 2.09.